The highest BCUT2D eigenvalue weighted by Gasteiger charge is 2.18. The fourth-order valence-electron chi connectivity index (χ4n) is 0.980. The van der Waals surface area contributed by atoms with Gasteiger partial charge in [0.25, 0.3) is 0 Å². The van der Waals surface area contributed by atoms with Gasteiger partial charge in [0, 0.05) is 11.5 Å². The van der Waals surface area contributed by atoms with E-state index in [2.05, 4.69) is 4.98 Å². The van der Waals surface area contributed by atoms with Crippen LogP contribution in [-0.4, -0.2) is 10.1 Å². The minimum absolute atomic E-state index is 0.0786. The molecule has 66 valence electrons. The standard InChI is InChI=1S/C9H12ClNO/c1-9(2,3)8-7(10)4-6(12)5-11-8/h4-5,12H,1-3H3. The molecule has 3 heteroatoms. The van der Waals surface area contributed by atoms with E-state index in [1.807, 2.05) is 20.8 Å². The summed E-state index contributed by atoms with van der Waals surface area (Å²) in [4.78, 5) is 4.07. The molecule has 0 aliphatic carbocycles. The molecule has 0 saturated heterocycles. The monoisotopic (exact) mass is 185 g/mol. The molecule has 0 saturated carbocycles. The number of rotatable bonds is 0. The molecule has 0 amide bonds. The summed E-state index contributed by atoms with van der Waals surface area (Å²) in [6, 6.07) is 1.51. The van der Waals surface area contributed by atoms with Gasteiger partial charge < -0.3 is 5.11 Å². The maximum atomic E-state index is 9.06. The third-order valence-corrected chi connectivity index (χ3v) is 1.83. The molecular formula is C9H12ClNO. The molecule has 0 aromatic carbocycles. The van der Waals surface area contributed by atoms with Crippen LogP contribution in [0, 0.1) is 0 Å². The first-order chi connectivity index (χ1) is 5.41. The lowest BCUT2D eigenvalue weighted by Crippen LogP contribution is -2.13. The van der Waals surface area contributed by atoms with Gasteiger partial charge in [0.05, 0.1) is 16.9 Å². The summed E-state index contributed by atoms with van der Waals surface area (Å²) in [6.07, 6.45) is 1.41. The minimum Gasteiger partial charge on any atom is -0.506 e. The Balaban J connectivity index is 3.19. The Kier molecular flexibility index (Phi) is 2.29. The average molecular weight is 186 g/mol. The molecule has 12 heavy (non-hydrogen) atoms. The smallest absolute Gasteiger partial charge is 0.135 e. The van der Waals surface area contributed by atoms with Gasteiger partial charge in [-0.05, 0) is 0 Å². The topological polar surface area (TPSA) is 33.1 Å². The van der Waals surface area contributed by atoms with Gasteiger partial charge in [-0.1, -0.05) is 32.4 Å². The van der Waals surface area contributed by atoms with Gasteiger partial charge in [0.2, 0.25) is 0 Å². The predicted octanol–water partition coefficient (Wildman–Crippen LogP) is 2.74. The lowest BCUT2D eigenvalue weighted by molar-refractivity contribution is 0.469. The SMILES string of the molecule is CC(C)(C)c1ncc(O)cc1Cl. The zero-order chi connectivity index (χ0) is 9.35. The number of aromatic hydroxyl groups is 1. The van der Waals surface area contributed by atoms with Gasteiger partial charge in [-0.25, -0.2) is 0 Å². The quantitative estimate of drug-likeness (QED) is 0.674. The Morgan fingerprint density at radius 3 is 2.42 bits per heavy atom. The molecule has 1 aromatic heterocycles. The van der Waals surface area contributed by atoms with E-state index in [1.54, 1.807) is 0 Å². The van der Waals surface area contributed by atoms with Crippen molar-refractivity contribution in [3.63, 3.8) is 0 Å². The van der Waals surface area contributed by atoms with Gasteiger partial charge in [-0.2, -0.15) is 0 Å². The van der Waals surface area contributed by atoms with Crippen LogP contribution in [0.15, 0.2) is 12.3 Å². The summed E-state index contributed by atoms with van der Waals surface area (Å²) in [5.41, 5.74) is 0.729. The first kappa shape index (κ1) is 9.33. The summed E-state index contributed by atoms with van der Waals surface area (Å²) in [5.74, 6) is 0.105. The van der Waals surface area contributed by atoms with Crippen molar-refractivity contribution in [2.75, 3.05) is 0 Å². The molecule has 0 aliphatic rings. The van der Waals surface area contributed by atoms with Gasteiger partial charge in [0.15, 0.2) is 0 Å². The zero-order valence-corrected chi connectivity index (χ0v) is 8.18. The van der Waals surface area contributed by atoms with Crippen LogP contribution in [0.4, 0.5) is 0 Å². The first-order valence-corrected chi connectivity index (χ1v) is 4.14. The van der Waals surface area contributed by atoms with Gasteiger partial charge in [0.1, 0.15) is 5.75 Å². The van der Waals surface area contributed by atoms with Crippen LogP contribution < -0.4 is 0 Å². The Morgan fingerprint density at radius 1 is 1.42 bits per heavy atom. The lowest BCUT2D eigenvalue weighted by atomic mass is 9.91. The highest BCUT2D eigenvalue weighted by Crippen LogP contribution is 2.29. The van der Waals surface area contributed by atoms with E-state index in [1.165, 1.54) is 12.3 Å². The van der Waals surface area contributed by atoms with Crippen molar-refractivity contribution in [3.8, 4) is 5.75 Å². The summed E-state index contributed by atoms with van der Waals surface area (Å²) in [7, 11) is 0. The lowest BCUT2D eigenvalue weighted by Gasteiger charge is -2.18. The average Bonchev–Trinajstić information content (AvgIpc) is 1.83. The number of halogens is 1. The van der Waals surface area contributed by atoms with Crippen molar-refractivity contribution in [3.05, 3.63) is 23.0 Å². The molecule has 0 atom stereocenters. The van der Waals surface area contributed by atoms with E-state index in [0.29, 0.717) is 5.02 Å². The maximum absolute atomic E-state index is 9.06. The molecule has 2 nitrogen and oxygen atoms in total. The van der Waals surface area contributed by atoms with Crippen LogP contribution >= 0.6 is 11.6 Å². The predicted molar refractivity (Wildman–Crippen MR) is 49.6 cm³/mol. The van der Waals surface area contributed by atoms with Crippen molar-refractivity contribution in [2.24, 2.45) is 0 Å². The third kappa shape index (κ3) is 1.89. The largest absolute Gasteiger partial charge is 0.506 e. The molecule has 1 N–H and O–H groups in total. The molecular weight excluding hydrogens is 174 g/mol. The highest BCUT2D eigenvalue weighted by molar-refractivity contribution is 6.31. The number of pyridine rings is 1. The van der Waals surface area contributed by atoms with Crippen molar-refractivity contribution < 1.29 is 5.11 Å². The Labute approximate surface area is 77.2 Å². The van der Waals surface area contributed by atoms with E-state index in [9.17, 15) is 0 Å². The van der Waals surface area contributed by atoms with Gasteiger partial charge in [-0.15, -0.1) is 0 Å². The van der Waals surface area contributed by atoms with E-state index >= 15 is 0 Å². The highest BCUT2D eigenvalue weighted by atomic mass is 35.5. The number of nitrogens with zero attached hydrogens (tertiary/aromatic N) is 1. The third-order valence-electron chi connectivity index (χ3n) is 1.54. The van der Waals surface area contributed by atoms with Crippen LogP contribution in [0.1, 0.15) is 26.5 Å². The molecule has 1 aromatic rings. The second-order valence-electron chi connectivity index (χ2n) is 3.77. The molecule has 0 bridgehead atoms. The molecule has 1 heterocycles. The summed E-state index contributed by atoms with van der Waals surface area (Å²) in [6.45, 7) is 6.08. The summed E-state index contributed by atoms with van der Waals surface area (Å²) in [5, 5.41) is 9.57. The van der Waals surface area contributed by atoms with Crippen molar-refractivity contribution in [2.45, 2.75) is 26.2 Å². The molecule has 0 spiro atoms. The number of aromatic nitrogens is 1. The van der Waals surface area contributed by atoms with Crippen molar-refractivity contribution in [1.82, 2.24) is 4.98 Å². The van der Waals surface area contributed by atoms with Crippen molar-refractivity contribution >= 4 is 11.6 Å². The van der Waals surface area contributed by atoms with Crippen LogP contribution in [0.25, 0.3) is 0 Å². The van der Waals surface area contributed by atoms with Gasteiger partial charge >= 0.3 is 0 Å². The molecule has 0 fully saturated rings. The normalized spacial score (nSPS) is 11.7. The van der Waals surface area contributed by atoms with Crippen LogP contribution in [0.3, 0.4) is 0 Å². The molecule has 0 unspecified atom stereocenters. The van der Waals surface area contributed by atoms with Crippen LogP contribution in [0.5, 0.6) is 5.75 Å². The minimum atomic E-state index is -0.0786. The van der Waals surface area contributed by atoms with Crippen molar-refractivity contribution in [1.29, 1.82) is 0 Å². The van der Waals surface area contributed by atoms with Crippen LogP contribution in [0.2, 0.25) is 5.02 Å². The maximum Gasteiger partial charge on any atom is 0.135 e. The Morgan fingerprint density at radius 2 is 2.00 bits per heavy atom. The van der Waals surface area contributed by atoms with E-state index in [0.717, 1.165) is 5.69 Å². The summed E-state index contributed by atoms with van der Waals surface area (Å²) >= 11 is 5.89. The fraction of sp³-hybridized carbons (Fsp3) is 0.444. The van der Waals surface area contributed by atoms with E-state index in [4.69, 9.17) is 16.7 Å². The molecule has 0 aliphatic heterocycles. The van der Waals surface area contributed by atoms with E-state index in [-0.39, 0.29) is 11.2 Å². The number of hydrogen-bond acceptors (Lipinski definition) is 2. The fourth-order valence-corrected chi connectivity index (χ4v) is 1.42. The summed E-state index contributed by atoms with van der Waals surface area (Å²) < 4.78 is 0. The molecule has 1 rings (SSSR count). The second kappa shape index (κ2) is 2.94. The van der Waals surface area contributed by atoms with Crippen LogP contribution in [-0.2, 0) is 5.41 Å². The number of hydrogen-bond donors (Lipinski definition) is 1. The zero-order valence-electron chi connectivity index (χ0n) is 7.43. The Bertz CT molecular complexity index is 291. The Hall–Kier alpha value is -0.760. The molecule has 0 radical (unpaired) electrons. The van der Waals surface area contributed by atoms with Gasteiger partial charge in [-0.3, -0.25) is 4.98 Å². The van der Waals surface area contributed by atoms with E-state index < -0.39 is 0 Å². The first-order valence-electron chi connectivity index (χ1n) is 3.76. The second-order valence-corrected chi connectivity index (χ2v) is 4.18.